The number of anilines is 1. The minimum Gasteiger partial charge on any atom is -0.477 e. The molecule has 158 valence electrons. The van der Waals surface area contributed by atoms with Crippen molar-refractivity contribution in [3.05, 3.63) is 41.3 Å². The van der Waals surface area contributed by atoms with Crippen LogP contribution in [-0.2, 0) is 4.79 Å². The predicted molar refractivity (Wildman–Crippen MR) is 114 cm³/mol. The lowest BCUT2D eigenvalue weighted by Crippen LogP contribution is -2.60. The van der Waals surface area contributed by atoms with Gasteiger partial charge in [-0.1, -0.05) is 49.6 Å². The van der Waals surface area contributed by atoms with Crippen LogP contribution in [0.1, 0.15) is 41.8 Å². The van der Waals surface area contributed by atoms with Crippen LogP contribution in [0.5, 0.6) is 0 Å². The number of nitrogens with zero attached hydrogens (tertiary/aromatic N) is 2. The van der Waals surface area contributed by atoms with E-state index < -0.39 is 12.1 Å². The first kappa shape index (κ1) is 20.4. The average molecular weight is 429 g/mol. The van der Waals surface area contributed by atoms with E-state index in [-0.39, 0.29) is 35.8 Å². The summed E-state index contributed by atoms with van der Waals surface area (Å²) in [6.45, 7) is -0.0462. The van der Waals surface area contributed by atoms with Crippen LogP contribution in [0, 0.1) is 5.92 Å². The second-order valence-electron chi connectivity index (χ2n) is 7.89. The first-order chi connectivity index (χ1) is 14.5. The van der Waals surface area contributed by atoms with Crippen molar-refractivity contribution < 1.29 is 24.6 Å². The van der Waals surface area contributed by atoms with Crippen molar-refractivity contribution >= 4 is 35.0 Å². The summed E-state index contributed by atoms with van der Waals surface area (Å²) in [5.41, 5.74) is 1.28. The number of rotatable bonds is 4. The number of amides is 2. The number of benzene rings is 1. The van der Waals surface area contributed by atoms with E-state index in [1.165, 1.54) is 0 Å². The molecule has 30 heavy (non-hydrogen) atoms. The summed E-state index contributed by atoms with van der Waals surface area (Å²) in [4.78, 5) is 40.4. The van der Waals surface area contributed by atoms with Crippen molar-refractivity contribution in [2.45, 2.75) is 38.1 Å². The van der Waals surface area contributed by atoms with Crippen LogP contribution in [0.4, 0.5) is 10.5 Å². The van der Waals surface area contributed by atoms with Gasteiger partial charge in [0.05, 0.1) is 11.7 Å². The van der Waals surface area contributed by atoms with Gasteiger partial charge in [0.2, 0.25) is 5.91 Å². The third kappa shape index (κ3) is 3.92. The molecule has 2 aromatic rings. The summed E-state index contributed by atoms with van der Waals surface area (Å²) in [5.74, 6) is -1.28. The van der Waals surface area contributed by atoms with Crippen molar-refractivity contribution in [2.24, 2.45) is 5.92 Å². The van der Waals surface area contributed by atoms with E-state index in [2.05, 4.69) is 0 Å². The predicted octanol–water partition coefficient (Wildman–Crippen LogP) is 4.39. The van der Waals surface area contributed by atoms with Crippen LogP contribution in [0.15, 0.2) is 36.4 Å². The van der Waals surface area contributed by atoms with Gasteiger partial charge in [0.1, 0.15) is 11.4 Å². The first-order valence-corrected chi connectivity index (χ1v) is 11.0. The molecule has 0 radical (unpaired) electrons. The molecule has 1 saturated heterocycles. The Labute approximate surface area is 178 Å². The molecule has 1 saturated carbocycles. The van der Waals surface area contributed by atoms with Crippen molar-refractivity contribution in [1.82, 2.24) is 4.90 Å². The number of aromatic carboxylic acids is 1. The monoisotopic (exact) mass is 428 g/mol. The van der Waals surface area contributed by atoms with Crippen molar-refractivity contribution in [2.75, 3.05) is 18.0 Å². The summed E-state index contributed by atoms with van der Waals surface area (Å²) in [7, 11) is 0. The zero-order valence-electron chi connectivity index (χ0n) is 16.5. The number of piperazine rings is 1. The summed E-state index contributed by atoms with van der Waals surface area (Å²) < 4.78 is 0. The second kappa shape index (κ2) is 8.47. The van der Waals surface area contributed by atoms with Crippen LogP contribution in [0.2, 0.25) is 0 Å². The standard InChI is InChI=1S/C22H24N2O5S/c25-19-13-23(22(28)29)12-17(14-7-3-1-4-8-14)24(19)16-11-18(30-20(16)21(26)27)15-9-5-2-6-10-15/h2,5-6,9-11,14,17H,1,3-4,7-8,12-13H2,(H,26,27)(H,28,29)/t17-/m0/s1. The number of carbonyl (C=O) groups excluding carboxylic acids is 1. The molecular formula is C22H24N2O5S. The lowest BCUT2D eigenvalue weighted by molar-refractivity contribution is -0.122. The Morgan fingerprint density at radius 1 is 1.03 bits per heavy atom. The maximum atomic E-state index is 13.1. The third-order valence-electron chi connectivity index (χ3n) is 6.02. The molecule has 2 fully saturated rings. The van der Waals surface area contributed by atoms with Crippen molar-refractivity contribution in [3.63, 3.8) is 0 Å². The van der Waals surface area contributed by atoms with Gasteiger partial charge < -0.3 is 15.1 Å². The Balaban J connectivity index is 1.77. The average Bonchev–Trinajstić information content (AvgIpc) is 3.19. The summed E-state index contributed by atoms with van der Waals surface area (Å²) in [5, 5.41) is 19.3. The fourth-order valence-electron chi connectivity index (χ4n) is 4.59. The smallest absolute Gasteiger partial charge is 0.407 e. The summed E-state index contributed by atoms with van der Waals surface area (Å²) in [6.07, 6.45) is 3.94. The van der Waals surface area contributed by atoms with Crippen molar-refractivity contribution in [3.8, 4) is 10.4 Å². The number of hydrogen-bond donors (Lipinski definition) is 2. The highest BCUT2D eigenvalue weighted by Gasteiger charge is 2.42. The van der Waals surface area contributed by atoms with E-state index in [1.54, 1.807) is 11.0 Å². The van der Waals surface area contributed by atoms with E-state index >= 15 is 0 Å². The van der Waals surface area contributed by atoms with Crippen LogP contribution in [-0.4, -0.2) is 52.2 Å². The maximum absolute atomic E-state index is 13.1. The van der Waals surface area contributed by atoms with E-state index in [0.29, 0.717) is 5.69 Å². The molecule has 7 nitrogen and oxygen atoms in total. The lowest BCUT2D eigenvalue weighted by Gasteiger charge is -2.44. The fourth-order valence-corrected chi connectivity index (χ4v) is 5.59. The zero-order valence-corrected chi connectivity index (χ0v) is 17.3. The molecule has 2 N–H and O–H groups in total. The maximum Gasteiger partial charge on any atom is 0.407 e. The summed E-state index contributed by atoms with van der Waals surface area (Å²) in [6, 6.07) is 10.9. The fraction of sp³-hybridized carbons (Fsp3) is 0.409. The number of carbonyl (C=O) groups is 3. The van der Waals surface area contributed by atoms with Gasteiger partial charge in [-0.2, -0.15) is 0 Å². The van der Waals surface area contributed by atoms with Gasteiger partial charge in [0.25, 0.3) is 0 Å². The highest BCUT2D eigenvalue weighted by Crippen LogP contribution is 2.41. The molecule has 1 aliphatic heterocycles. The van der Waals surface area contributed by atoms with Gasteiger partial charge in [0, 0.05) is 11.4 Å². The van der Waals surface area contributed by atoms with Crippen LogP contribution >= 0.6 is 11.3 Å². The van der Waals surface area contributed by atoms with Crippen molar-refractivity contribution in [1.29, 1.82) is 0 Å². The molecule has 1 aromatic heterocycles. The van der Waals surface area contributed by atoms with E-state index in [4.69, 9.17) is 0 Å². The molecule has 4 rings (SSSR count). The quantitative estimate of drug-likeness (QED) is 0.753. The van der Waals surface area contributed by atoms with Gasteiger partial charge in [-0.05, 0) is 30.4 Å². The Hall–Kier alpha value is -2.87. The largest absolute Gasteiger partial charge is 0.477 e. The van der Waals surface area contributed by atoms with Crippen LogP contribution in [0.3, 0.4) is 0 Å². The lowest BCUT2D eigenvalue weighted by atomic mass is 9.82. The molecule has 2 amide bonds. The summed E-state index contributed by atoms with van der Waals surface area (Å²) >= 11 is 1.15. The third-order valence-corrected chi connectivity index (χ3v) is 7.18. The number of carboxylic acids is 1. The Kier molecular flexibility index (Phi) is 5.76. The highest BCUT2D eigenvalue weighted by molar-refractivity contribution is 7.18. The van der Waals surface area contributed by atoms with Gasteiger partial charge >= 0.3 is 12.1 Å². The molecule has 0 spiro atoms. The first-order valence-electron chi connectivity index (χ1n) is 10.2. The molecule has 0 unspecified atom stereocenters. The van der Waals surface area contributed by atoms with E-state index in [1.807, 2.05) is 30.3 Å². The molecule has 1 aliphatic carbocycles. The molecule has 0 bridgehead atoms. The van der Waals surface area contributed by atoms with Crippen LogP contribution in [0.25, 0.3) is 10.4 Å². The SMILES string of the molecule is O=C(O)c1sc(-c2ccccc2)cc1N1C(=O)CN(C(=O)O)C[C@H]1C1CCCCC1. The minimum atomic E-state index is -1.11. The zero-order chi connectivity index (χ0) is 21.3. The number of hydrogen-bond acceptors (Lipinski definition) is 4. The Morgan fingerprint density at radius 2 is 1.73 bits per heavy atom. The highest BCUT2D eigenvalue weighted by atomic mass is 32.1. The molecule has 2 aliphatic rings. The minimum absolute atomic E-state index is 0.117. The van der Waals surface area contributed by atoms with Gasteiger partial charge in [-0.15, -0.1) is 11.3 Å². The van der Waals surface area contributed by atoms with Gasteiger partial charge in [0.15, 0.2) is 0 Å². The van der Waals surface area contributed by atoms with E-state index in [9.17, 15) is 24.6 Å². The Bertz CT molecular complexity index is 952. The van der Waals surface area contributed by atoms with Crippen LogP contribution < -0.4 is 4.90 Å². The number of thiophene rings is 1. The van der Waals surface area contributed by atoms with E-state index in [0.717, 1.165) is 58.8 Å². The normalized spacial score (nSPS) is 20.4. The number of carboxylic acid groups (broad SMARTS) is 2. The molecule has 1 aromatic carbocycles. The topological polar surface area (TPSA) is 98.2 Å². The molecular weight excluding hydrogens is 404 g/mol. The second-order valence-corrected chi connectivity index (χ2v) is 8.94. The van der Waals surface area contributed by atoms with Gasteiger partial charge in [-0.25, -0.2) is 9.59 Å². The molecule has 1 atom stereocenters. The molecule has 8 heteroatoms. The van der Waals surface area contributed by atoms with Gasteiger partial charge in [-0.3, -0.25) is 9.69 Å². The Morgan fingerprint density at radius 3 is 2.37 bits per heavy atom. The molecule has 2 heterocycles.